The molecule has 3 heteroatoms. The lowest BCUT2D eigenvalue weighted by atomic mass is 10.5. The monoisotopic (exact) mass is 143 g/mol. The fraction of sp³-hybridized carbons (Fsp3) is 0.429. The second-order valence-corrected chi connectivity index (χ2v) is 1.11. The van der Waals surface area contributed by atoms with Crippen LogP contribution in [0, 0.1) is 0 Å². The molecule has 1 N–H and O–H groups in total. The van der Waals surface area contributed by atoms with Gasteiger partial charge in [0.15, 0.2) is 0 Å². The molecule has 0 unspecified atom stereocenters. The average molecular weight is 143 g/mol. The molecule has 0 aliphatic rings. The maximum absolute atomic E-state index is 10.2. The van der Waals surface area contributed by atoms with Crippen molar-refractivity contribution in [2.75, 3.05) is 7.05 Å². The number of rotatable bonds is 2. The van der Waals surface area contributed by atoms with Crippen molar-refractivity contribution >= 4 is 12.2 Å². The summed E-state index contributed by atoms with van der Waals surface area (Å²) in [5.74, 6) is -0.267. The number of amides is 1. The third-order valence-electron chi connectivity index (χ3n) is 0.573. The summed E-state index contributed by atoms with van der Waals surface area (Å²) < 4.78 is 0. The minimum Gasteiger partial charge on any atom is -0.356 e. The molecule has 0 saturated carbocycles. The van der Waals surface area contributed by atoms with Crippen LogP contribution < -0.4 is 5.32 Å². The molecule has 0 aromatic heterocycles. The van der Waals surface area contributed by atoms with Crippen LogP contribution in [0.4, 0.5) is 0 Å². The summed E-state index contributed by atoms with van der Waals surface area (Å²) in [5, 5.41) is 2.32. The highest BCUT2D eigenvalue weighted by Crippen LogP contribution is 1.65. The third kappa shape index (κ3) is 9.99. The largest absolute Gasteiger partial charge is 0.356 e. The first kappa shape index (κ1) is 11.6. The average Bonchev–Trinajstić information content (AvgIpc) is 2.04. The highest BCUT2D eigenvalue weighted by Gasteiger charge is 1.83. The van der Waals surface area contributed by atoms with Crippen molar-refractivity contribution in [3.63, 3.8) is 0 Å². The molecule has 0 radical (unpaired) electrons. The maximum atomic E-state index is 10.2. The van der Waals surface area contributed by atoms with Crippen molar-refractivity contribution < 1.29 is 9.59 Å². The van der Waals surface area contributed by atoms with Crippen LogP contribution >= 0.6 is 0 Å². The lowest BCUT2D eigenvalue weighted by molar-refractivity contribution is -0.116. The molecule has 0 heterocycles. The van der Waals surface area contributed by atoms with Gasteiger partial charge in [-0.05, 0) is 6.08 Å². The second kappa shape index (κ2) is 10.8. The molecule has 10 heavy (non-hydrogen) atoms. The molecule has 3 nitrogen and oxygen atoms in total. The maximum Gasteiger partial charge on any atom is 0.243 e. The van der Waals surface area contributed by atoms with Gasteiger partial charge in [0.05, 0.1) is 0 Å². The van der Waals surface area contributed by atoms with Gasteiger partial charge in [-0.2, -0.15) is 0 Å². The number of hydrogen-bond acceptors (Lipinski definition) is 2. The van der Waals surface area contributed by atoms with E-state index in [-0.39, 0.29) is 5.91 Å². The highest BCUT2D eigenvalue weighted by molar-refractivity contribution is 5.90. The van der Waals surface area contributed by atoms with Crippen molar-refractivity contribution in [2.45, 2.75) is 13.8 Å². The Bertz CT molecular complexity index is 119. The first-order chi connectivity index (χ1) is 4.81. The van der Waals surface area contributed by atoms with E-state index in [1.807, 2.05) is 13.8 Å². The summed E-state index contributed by atoms with van der Waals surface area (Å²) in [6.45, 7) is 4.00. The summed E-state index contributed by atoms with van der Waals surface area (Å²) in [5.41, 5.74) is 0. The minimum absolute atomic E-state index is 0.267. The fourth-order valence-corrected chi connectivity index (χ4v) is 0.210. The van der Waals surface area contributed by atoms with Gasteiger partial charge < -0.3 is 5.32 Å². The van der Waals surface area contributed by atoms with Crippen molar-refractivity contribution in [1.29, 1.82) is 0 Å². The number of carbonyl (C=O) groups is 2. The first-order valence-corrected chi connectivity index (χ1v) is 3.15. The van der Waals surface area contributed by atoms with E-state index in [1.165, 1.54) is 7.05 Å². The van der Waals surface area contributed by atoms with Gasteiger partial charge in [-0.3, -0.25) is 9.59 Å². The molecule has 0 atom stereocenters. The van der Waals surface area contributed by atoms with Crippen LogP contribution in [0.5, 0.6) is 0 Å². The van der Waals surface area contributed by atoms with E-state index in [4.69, 9.17) is 0 Å². The molecular formula is C7H13NO2. The molecule has 0 aliphatic heterocycles. The highest BCUT2D eigenvalue weighted by atomic mass is 16.1. The quantitative estimate of drug-likeness (QED) is 0.452. The van der Waals surface area contributed by atoms with E-state index >= 15 is 0 Å². The van der Waals surface area contributed by atoms with Crippen LogP contribution in [-0.2, 0) is 9.59 Å². The molecule has 1 amide bonds. The van der Waals surface area contributed by atoms with E-state index in [9.17, 15) is 9.59 Å². The Hall–Kier alpha value is -1.12. The van der Waals surface area contributed by atoms with Gasteiger partial charge in [-0.25, -0.2) is 0 Å². The van der Waals surface area contributed by atoms with Crippen LogP contribution in [0.25, 0.3) is 0 Å². The molecule has 0 saturated heterocycles. The van der Waals surface area contributed by atoms with Crippen molar-refractivity contribution in [3.8, 4) is 0 Å². The Kier molecular flexibility index (Phi) is 12.6. The third-order valence-corrected chi connectivity index (χ3v) is 0.573. The fourth-order valence-electron chi connectivity index (χ4n) is 0.210. The Morgan fingerprint density at radius 3 is 2.20 bits per heavy atom. The zero-order valence-electron chi connectivity index (χ0n) is 6.55. The molecule has 0 aromatic rings. The summed E-state index contributed by atoms with van der Waals surface area (Å²) in [6, 6.07) is 0. The van der Waals surface area contributed by atoms with E-state index < -0.39 is 0 Å². The Morgan fingerprint density at radius 1 is 1.40 bits per heavy atom. The molecule has 0 spiro atoms. The zero-order chi connectivity index (χ0) is 8.41. The summed E-state index contributed by atoms with van der Waals surface area (Å²) >= 11 is 0. The number of likely N-dealkylation sites (N-methyl/N-ethyl adjacent to an activating group) is 1. The number of aldehydes is 1. The van der Waals surface area contributed by atoms with Crippen LogP contribution in [0.2, 0.25) is 0 Å². The normalized spacial score (nSPS) is 7.90. The summed E-state index contributed by atoms with van der Waals surface area (Å²) in [4.78, 5) is 19.8. The van der Waals surface area contributed by atoms with Gasteiger partial charge in [0, 0.05) is 13.1 Å². The van der Waals surface area contributed by atoms with Crippen LogP contribution in [-0.4, -0.2) is 19.2 Å². The van der Waals surface area contributed by atoms with Gasteiger partial charge in [0.2, 0.25) is 5.91 Å². The SMILES string of the molecule is CC.CNC(=O)/C=C\C=O. The molecule has 0 rings (SSSR count). The van der Waals surface area contributed by atoms with E-state index in [2.05, 4.69) is 5.32 Å². The van der Waals surface area contributed by atoms with Gasteiger partial charge in [-0.1, -0.05) is 13.8 Å². The Morgan fingerprint density at radius 2 is 1.90 bits per heavy atom. The second-order valence-electron chi connectivity index (χ2n) is 1.11. The molecular weight excluding hydrogens is 130 g/mol. The van der Waals surface area contributed by atoms with Gasteiger partial charge in [0.1, 0.15) is 6.29 Å². The van der Waals surface area contributed by atoms with Gasteiger partial charge in [-0.15, -0.1) is 0 Å². The smallest absolute Gasteiger partial charge is 0.243 e. The van der Waals surface area contributed by atoms with E-state index in [1.54, 1.807) is 0 Å². The lowest BCUT2D eigenvalue weighted by Gasteiger charge is -1.84. The summed E-state index contributed by atoms with van der Waals surface area (Å²) in [7, 11) is 1.50. The molecule has 0 fully saturated rings. The van der Waals surface area contributed by atoms with Gasteiger partial charge in [0.25, 0.3) is 0 Å². The predicted octanol–water partition coefficient (Wildman–Crippen LogP) is 0.514. The lowest BCUT2D eigenvalue weighted by Crippen LogP contribution is -2.13. The first-order valence-electron chi connectivity index (χ1n) is 3.15. The number of allylic oxidation sites excluding steroid dienone is 1. The molecule has 58 valence electrons. The van der Waals surface area contributed by atoms with Crippen LogP contribution in [0.1, 0.15) is 13.8 Å². The number of carbonyl (C=O) groups excluding carboxylic acids is 2. The van der Waals surface area contributed by atoms with E-state index in [0.29, 0.717) is 6.29 Å². The standard InChI is InChI=1S/C5H7NO2.C2H6/c1-6-5(8)3-2-4-7;1-2/h2-4H,1H3,(H,6,8);1-2H3/b3-2-;. The van der Waals surface area contributed by atoms with Gasteiger partial charge >= 0.3 is 0 Å². The molecule has 0 bridgehead atoms. The van der Waals surface area contributed by atoms with Crippen molar-refractivity contribution in [1.82, 2.24) is 5.32 Å². The van der Waals surface area contributed by atoms with Crippen molar-refractivity contribution in [2.24, 2.45) is 0 Å². The summed E-state index contributed by atoms with van der Waals surface area (Å²) in [6.07, 6.45) is 2.85. The van der Waals surface area contributed by atoms with Crippen LogP contribution in [0.3, 0.4) is 0 Å². The van der Waals surface area contributed by atoms with E-state index in [0.717, 1.165) is 12.2 Å². The van der Waals surface area contributed by atoms with Crippen molar-refractivity contribution in [3.05, 3.63) is 12.2 Å². The minimum atomic E-state index is -0.267. The Labute approximate surface area is 61.1 Å². The zero-order valence-corrected chi connectivity index (χ0v) is 6.55. The topological polar surface area (TPSA) is 46.2 Å². The molecule has 0 aliphatic carbocycles. The number of nitrogens with one attached hydrogen (secondary N) is 1. The van der Waals surface area contributed by atoms with Crippen LogP contribution in [0.15, 0.2) is 12.2 Å². The Balaban J connectivity index is 0. The predicted molar refractivity (Wildman–Crippen MR) is 40.6 cm³/mol. The molecule has 0 aromatic carbocycles. The number of hydrogen-bond donors (Lipinski definition) is 1.